The summed E-state index contributed by atoms with van der Waals surface area (Å²) in [6.45, 7) is 2.05. The molecule has 0 aliphatic carbocycles. The lowest BCUT2D eigenvalue weighted by Crippen LogP contribution is -2.60. The van der Waals surface area contributed by atoms with Crippen LogP contribution in [0.3, 0.4) is 0 Å². The Morgan fingerprint density at radius 3 is 2.10 bits per heavy atom. The third kappa shape index (κ3) is 5.30. The lowest BCUT2D eigenvalue weighted by atomic mass is 9.92. The van der Waals surface area contributed by atoms with E-state index < -0.39 is 24.1 Å². The second-order valence-electron chi connectivity index (χ2n) is 5.88. The lowest BCUT2D eigenvalue weighted by molar-refractivity contribution is -0.323. The lowest BCUT2D eigenvalue weighted by Gasteiger charge is -2.41. The minimum Gasteiger partial charge on any atom is -0.388 e. The Bertz CT molecular complexity index is 261. The summed E-state index contributed by atoms with van der Waals surface area (Å²) >= 11 is 0. The molecule has 1 aliphatic heterocycles. The van der Waals surface area contributed by atoms with E-state index in [0.717, 1.165) is 19.3 Å². The van der Waals surface area contributed by atoms with Crippen LogP contribution in [0.2, 0.25) is 0 Å². The molecule has 120 valence electrons. The van der Waals surface area contributed by atoms with Crippen molar-refractivity contribution in [2.24, 2.45) is 0 Å². The van der Waals surface area contributed by atoms with Gasteiger partial charge in [-0.25, -0.2) is 0 Å². The van der Waals surface area contributed by atoms with Gasteiger partial charge in [0.05, 0.1) is 6.61 Å². The van der Waals surface area contributed by atoms with E-state index in [-0.39, 0.29) is 13.0 Å². The van der Waals surface area contributed by atoms with E-state index in [4.69, 9.17) is 4.74 Å². The van der Waals surface area contributed by atoms with Crippen LogP contribution >= 0.6 is 0 Å². The fraction of sp³-hybridized carbons (Fsp3) is 1.00. The highest BCUT2D eigenvalue weighted by Gasteiger charge is 2.47. The largest absolute Gasteiger partial charge is 0.388 e. The normalized spacial score (nSPS) is 34.4. The van der Waals surface area contributed by atoms with Gasteiger partial charge in [0.1, 0.15) is 18.3 Å². The van der Waals surface area contributed by atoms with Crippen LogP contribution in [0.15, 0.2) is 0 Å². The molecule has 1 rings (SSSR count). The maximum atomic E-state index is 10.2. The Hall–Kier alpha value is -0.200. The van der Waals surface area contributed by atoms with Gasteiger partial charge in [-0.15, -0.1) is 0 Å². The molecule has 5 heteroatoms. The van der Waals surface area contributed by atoms with Gasteiger partial charge in [0, 0.05) is 6.42 Å². The molecule has 1 aliphatic rings. The molecule has 0 bridgehead atoms. The van der Waals surface area contributed by atoms with E-state index >= 15 is 0 Å². The molecule has 20 heavy (non-hydrogen) atoms. The number of unbranched alkanes of at least 4 members (excludes halogenated alkanes) is 7. The first kappa shape index (κ1) is 17.9. The summed E-state index contributed by atoms with van der Waals surface area (Å²) in [7, 11) is 0. The van der Waals surface area contributed by atoms with Crippen LogP contribution in [0, 0.1) is 0 Å². The number of hydrogen-bond acceptors (Lipinski definition) is 5. The van der Waals surface area contributed by atoms with Crippen LogP contribution in [-0.2, 0) is 4.74 Å². The molecule has 1 unspecified atom stereocenters. The molecular weight excluding hydrogens is 260 g/mol. The smallest absolute Gasteiger partial charge is 0.194 e. The first-order valence-electron chi connectivity index (χ1n) is 7.92. The van der Waals surface area contributed by atoms with Crippen LogP contribution in [0.25, 0.3) is 0 Å². The van der Waals surface area contributed by atoms with Crippen molar-refractivity contribution in [3.05, 3.63) is 0 Å². The topological polar surface area (TPSA) is 90.2 Å². The van der Waals surface area contributed by atoms with E-state index in [0.29, 0.717) is 0 Å². The molecule has 4 N–H and O–H groups in total. The second kappa shape index (κ2) is 8.95. The molecule has 5 nitrogen and oxygen atoms in total. The minimum absolute atomic E-state index is 0.147. The molecule has 0 radical (unpaired) electrons. The first-order valence-corrected chi connectivity index (χ1v) is 7.92. The summed E-state index contributed by atoms with van der Waals surface area (Å²) in [5, 5.41) is 38.9. The highest BCUT2D eigenvalue weighted by atomic mass is 16.6. The number of rotatable bonds is 9. The zero-order valence-corrected chi connectivity index (χ0v) is 12.5. The first-order chi connectivity index (χ1) is 9.51. The summed E-state index contributed by atoms with van der Waals surface area (Å²) in [6.07, 6.45) is 5.46. The Balaban J connectivity index is 2.14. The second-order valence-corrected chi connectivity index (χ2v) is 5.88. The van der Waals surface area contributed by atoms with Gasteiger partial charge in [-0.2, -0.15) is 0 Å². The summed E-state index contributed by atoms with van der Waals surface area (Å²) in [4.78, 5) is 0. The van der Waals surface area contributed by atoms with Crippen molar-refractivity contribution in [2.75, 3.05) is 6.61 Å². The maximum Gasteiger partial charge on any atom is 0.194 e. The zero-order chi connectivity index (χ0) is 15.0. The van der Waals surface area contributed by atoms with Gasteiger partial charge in [-0.05, 0) is 6.42 Å². The predicted octanol–water partition coefficient (Wildman–Crippen LogP) is 1.32. The van der Waals surface area contributed by atoms with Crippen LogP contribution in [0.5, 0.6) is 0 Å². The Morgan fingerprint density at radius 2 is 1.50 bits per heavy atom. The number of ether oxygens (including phenoxy) is 1. The quantitative estimate of drug-likeness (QED) is 0.481. The van der Waals surface area contributed by atoms with Gasteiger partial charge in [-0.3, -0.25) is 0 Å². The summed E-state index contributed by atoms with van der Waals surface area (Å²) in [6, 6.07) is 0. The van der Waals surface area contributed by atoms with E-state index in [2.05, 4.69) is 6.92 Å². The van der Waals surface area contributed by atoms with E-state index in [1.807, 2.05) is 0 Å². The highest BCUT2D eigenvalue weighted by Crippen LogP contribution is 2.29. The van der Waals surface area contributed by atoms with Crippen molar-refractivity contribution >= 4 is 0 Å². The van der Waals surface area contributed by atoms with Crippen LogP contribution in [-0.4, -0.2) is 51.1 Å². The van der Waals surface area contributed by atoms with Crippen molar-refractivity contribution in [3.63, 3.8) is 0 Å². The van der Waals surface area contributed by atoms with Crippen LogP contribution in [0.4, 0.5) is 0 Å². The SMILES string of the molecule is CCCCCCCCCCC1(O)OC[C@@H](O)[C@H](O)[C@H]1O. The minimum atomic E-state index is -1.72. The molecular formula is C15H30O5. The van der Waals surface area contributed by atoms with Crippen molar-refractivity contribution in [1.29, 1.82) is 0 Å². The van der Waals surface area contributed by atoms with E-state index in [1.165, 1.54) is 32.1 Å². The molecule has 4 atom stereocenters. The van der Waals surface area contributed by atoms with Crippen LogP contribution < -0.4 is 0 Å². The van der Waals surface area contributed by atoms with Crippen molar-refractivity contribution in [2.45, 2.75) is 88.8 Å². The van der Waals surface area contributed by atoms with Gasteiger partial charge < -0.3 is 25.2 Å². The summed E-state index contributed by atoms with van der Waals surface area (Å²) < 4.78 is 5.12. The monoisotopic (exact) mass is 290 g/mol. The number of hydrogen-bond donors (Lipinski definition) is 4. The molecule has 0 amide bonds. The predicted molar refractivity (Wildman–Crippen MR) is 76.1 cm³/mol. The molecule has 0 spiro atoms. The average Bonchev–Trinajstić information content (AvgIpc) is 2.44. The molecule has 0 aromatic heterocycles. The van der Waals surface area contributed by atoms with Crippen molar-refractivity contribution in [3.8, 4) is 0 Å². The maximum absolute atomic E-state index is 10.2. The molecule has 1 fully saturated rings. The Morgan fingerprint density at radius 1 is 0.950 bits per heavy atom. The molecule has 0 aromatic rings. The Labute approximate surface area is 121 Å². The average molecular weight is 290 g/mol. The van der Waals surface area contributed by atoms with Gasteiger partial charge in [-0.1, -0.05) is 51.9 Å². The number of aliphatic hydroxyl groups excluding tert-OH is 3. The van der Waals surface area contributed by atoms with Crippen molar-refractivity contribution in [1.82, 2.24) is 0 Å². The van der Waals surface area contributed by atoms with Gasteiger partial charge in [0.2, 0.25) is 0 Å². The van der Waals surface area contributed by atoms with Crippen LogP contribution in [0.1, 0.15) is 64.7 Å². The van der Waals surface area contributed by atoms with Crippen molar-refractivity contribution < 1.29 is 25.2 Å². The highest BCUT2D eigenvalue weighted by molar-refractivity contribution is 4.91. The fourth-order valence-electron chi connectivity index (χ4n) is 2.62. The molecule has 1 heterocycles. The van der Waals surface area contributed by atoms with Gasteiger partial charge in [0.15, 0.2) is 5.79 Å². The molecule has 0 saturated carbocycles. The zero-order valence-electron chi connectivity index (χ0n) is 12.5. The molecule has 0 aromatic carbocycles. The molecule has 1 saturated heterocycles. The standard InChI is InChI=1S/C15H30O5/c1-2-3-4-5-6-7-8-9-10-15(19)14(18)13(17)12(16)11-20-15/h12-14,16-19H,2-11H2,1H3/t12-,13+,14-,15?/m1/s1. The third-order valence-corrected chi connectivity index (χ3v) is 4.07. The van der Waals surface area contributed by atoms with E-state index in [1.54, 1.807) is 0 Å². The fourth-order valence-corrected chi connectivity index (χ4v) is 2.62. The van der Waals surface area contributed by atoms with E-state index in [9.17, 15) is 20.4 Å². The summed E-state index contributed by atoms with van der Waals surface area (Å²) in [5.74, 6) is -1.72. The summed E-state index contributed by atoms with van der Waals surface area (Å²) in [5.41, 5.74) is 0. The third-order valence-electron chi connectivity index (χ3n) is 4.07. The Kier molecular flexibility index (Phi) is 7.99. The number of aliphatic hydroxyl groups is 4. The van der Waals surface area contributed by atoms with Gasteiger partial charge in [0.25, 0.3) is 0 Å². The van der Waals surface area contributed by atoms with Gasteiger partial charge >= 0.3 is 0 Å².